The second-order valence-corrected chi connectivity index (χ2v) is 7.15. The fourth-order valence-electron chi connectivity index (χ4n) is 1.74. The maximum atomic E-state index is 13.6. The molecule has 0 atom stereocenters. The zero-order valence-electron chi connectivity index (χ0n) is 12.3. The number of hydrogen-bond donors (Lipinski definition) is 1. The summed E-state index contributed by atoms with van der Waals surface area (Å²) in [6.45, 7) is -0.717. The normalized spacial score (nSPS) is 11.0. The van der Waals surface area contributed by atoms with E-state index in [1.54, 1.807) is 18.2 Å². The smallest absolute Gasteiger partial charge is 0.349 e. The molecule has 0 aliphatic heterocycles. The molecule has 0 spiro atoms. The summed E-state index contributed by atoms with van der Waals surface area (Å²) in [6, 6.07) is 8.92. The Bertz CT molecular complexity index is 927. The van der Waals surface area contributed by atoms with Crippen molar-refractivity contribution in [2.24, 2.45) is 0 Å². The first-order chi connectivity index (χ1) is 11.7. The van der Waals surface area contributed by atoms with Gasteiger partial charge in [0.05, 0.1) is 5.56 Å². The molecule has 0 bridgehead atoms. The van der Waals surface area contributed by atoms with Gasteiger partial charge in [-0.1, -0.05) is 12.1 Å². The van der Waals surface area contributed by atoms with E-state index in [0.29, 0.717) is 9.64 Å². The third kappa shape index (κ3) is 5.21. The van der Waals surface area contributed by atoms with E-state index < -0.39 is 39.4 Å². The minimum absolute atomic E-state index is 0.277. The summed E-state index contributed by atoms with van der Waals surface area (Å²) in [5, 5.41) is 0. The van der Waals surface area contributed by atoms with Gasteiger partial charge in [0.15, 0.2) is 6.61 Å². The van der Waals surface area contributed by atoms with Crippen LogP contribution in [0, 0.1) is 9.39 Å². The Morgan fingerprint density at radius 2 is 1.84 bits per heavy atom. The third-order valence-corrected chi connectivity index (χ3v) is 4.66. The topological polar surface area (TPSA) is 107 Å². The predicted molar refractivity (Wildman–Crippen MR) is 91.3 cm³/mol. The summed E-state index contributed by atoms with van der Waals surface area (Å²) in [7, 11) is -4.72. The summed E-state index contributed by atoms with van der Waals surface area (Å²) in [5.41, 5.74) is 0.277. The van der Waals surface area contributed by atoms with Crippen LogP contribution in [0.25, 0.3) is 0 Å². The lowest BCUT2D eigenvalue weighted by atomic mass is 10.2. The van der Waals surface area contributed by atoms with E-state index >= 15 is 0 Å². The van der Waals surface area contributed by atoms with Crippen molar-refractivity contribution in [1.82, 2.24) is 0 Å². The van der Waals surface area contributed by atoms with Gasteiger partial charge >= 0.3 is 11.9 Å². The Labute approximate surface area is 155 Å². The van der Waals surface area contributed by atoms with Crippen LogP contribution in [0.1, 0.15) is 10.4 Å². The lowest BCUT2D eigenvalue weighted by Gasteiger charge is -2.07. The second-order valence-electron chi connectivity index (χ2n) is 4.60. The minimum atomic E-state index is -4.72. The van der Waals surface area contributed by atoms with E-state index in [1.165, 1.54) is 6.07 Å². The molecule has 0 fully saturated rings. The zero-order chi connectivity index (χ0) is 18.6. The summed E-state index contributed by atoms with van der Waals surface area (Å²) >= 11 is 1.94. The van der Waals surface area contributed by atoms with Crippen molar-refractivity contribution < 1.29 is 36.4 Å². The van der Waals surface area contributed by atoms with Crippen molar-refractivity contribution in [3.8, 4) is 5.75 Å². The molecule has 0 aliphatic rings. The molecule has 0 saturated carbocycles. The Balaban J connectivity index is 1.98. The molecule has 0 saturated heterocycles. The Morgan fingerprint density at radius 3 is 2.44 bits per heavy atom. The number of esters is 2. The quantitative estimate of drug-likeness (QED) is 0.303. The lowest BCUT2D eigenvalue weighted by molar-refractivity contribution is -0.137. The van der Waals surface area contributed by atoms with Crippen LogP contribution in [-0.4, -0.2) is 31.5 Å². The van der Waals surface area contributed by atoms with Gasteiger partial charge in [-0.3, -0.25) is 4.55 Å². The van der Waals surface area contributed by atoms with E-state index in [-0.39, 0.29) is 11.3 Å². The molecule has 0 heterocycles. The fourth-order valence-corrected chi connectivity index (χ4v) is 2.90. The number of rotatable bonds is 5. The number of halogens is 2. The summed E-state index contributed by atoms with van der Waals surface area (Å²) in [4.78, 5) is 22.5. The third-order valence-electron chi connectivity index (χ3n) is 2.83. The van der Waals surface area contributed by atoms with Crippen LogP contribution >= 0.6 is 22.6 Å². The molecular weight excluding hydrogens is 470 g/mol. The summed E-state index contributed by atoms with van der Waals surface area (Å²) in [5.74, 6) is -3.31. The van der Waals surface area contributed by atoms with E-state index in [1.807, 2.05) is 22.6 Å². The van der Waals surface area contributed by atoms with Gasteiger partial charge in [0, 0.05) is 9.64 Å². The van der Waals surface area contributed by atoms with Crippen molar-refractivity contribution in [3.63, 3.8) is 0 Å². The molecule has 2 rings (SSSR count). The maximum Gasteiger partial charge on any atom is 0.349 e. The van der Waals surface area contributed by atoms with Gasteiger partial charge in [-0.25, -0.2) is 14.0 Å². The molecular formula is C15H10FIO7S. The molecule has 10 heteroatoms. The number of benzene rings is 2. The fraction of sp³-hybridized carbons (Fsp3) is 0.0667. The molecule has 0 amide bonds. The summed E-state index contributed by atoms with van der Waals surface area (Å²) < 4.78 is 54.3. The first kappa shape index (κ1) is 19.3. The van der Waals surface area contributed by atoms with Crippen molar-refractivity contribution in [2.75, 3.05) is 6.61 Å². The standard InChI is InChI=1S/C15H10FIO7S/c16-11-7-9(5-6-13(11)25(20,21)22)24-14(18)8-23-15(19)10-3-1-2-4-12(10)17/h1-7H,8H2,(H,20,21,22). The number of ether oxygens (including phenoxy) is 2. The van der Waals surface area contributed by atoms with Gasteiger partial charge < -0.3 is 9.47 Å². The Kier molecular flexibility index (Phi) is 6.08. The molecule has 0 aliphatic carbocycles. The van der Waals surface area contributed by atoms with E-state index in [9.17, 15) is 22.4 Å². The minimum Gasteiger partial charge on any atom is -0.450 e. The first-order valence-corrected chi connectivity index (χ1v) is 9.10. The Morgan fingerprint density at radius 1 is 1.16 bits per heavy atom. The van der Waals surface area contributed by atoms with E-state index in [0.717, 1.165) is 12.1 Å². The largest absolute Gasteiger partial charge is 0.450 e. The molecule has 7 nitrogen and oxygen atoms in total. The van der Waals surface area contributed by atoms with Crippen molar-refractivity contribution in [1.29, 1.82) is 0 Å². The molecule has 0 unspecified atom stereocenters. The molecule has 2 aromatic rings. The van der Waals surface area contributed by atoms with E-state index in [4.69, 9.17) is 14.0 Å². The van der Waals surface area contributed by atoms with Crippen molar-refractivity contribution in [3.05, 3.63) is 57.4 Å². The number of carbonyl (C=O) groups excluding carboxylic acids is 2. The second kappa shape index (κ2) is 7.89. The number of carbonyl (C=O) groups is 2. The van der Waals surface area contributed by atoms with Crippen molar-refractivity contribution >= 4 is 44.6 Å². The molecule has 25 heavy (non-hydrogen) atoms. The number of hydrogen-bond acceptors (Lipinski definition) is 6. The van der Waals surface area contributed by atoms with Gasteiger partial charge in [-0.05, 0) is 46.9 Å². The monoisotopic (exact) mass is 480 g/mol. The SMILES string of the molecule is O=C(COC(=O)c1ccccc1I)Oc1ccc(S(=O)(=O)O)c(F)c1. The molecule has 0 radical (unpaired) electrons. The average molecular weight is 480 g/mol. The Hall–Kier alpha value is -2.05. The van der Waals surface area contributed by atoms with Crippen molar-refractivity contribution in [2.45, 2.75) is 4.90 Å². The van der Waals surface area contributed by atoms with Gasteiger partial charge in [0.2, 0.25) is 0 Å². The van der Waals surface area contributed by atoms with Crippen LogP contribution in [-0.2, 0) is 19.6 Å². The predicted octanol–water partition coefficient (Wildman–Crippen LogP) is 2.44. The highest BCUT2D eigenvalue weighted by molar-refractivity contribution is 14.1. The zero-order valence-corrected chi connectivity index (χ0v) is 15.3. The molecule has 0 aromatic heterocycles. The maximum absolute atomic E-state index is 13.6. The molecule has 132 valence electrons. The van der Waals surface area contributed by atoms with Crippen LogP contribution in [0.4, 0.5) is 4.39 Å². The van der Waals surface area contributed by atoms with Gasteiger partial charge in [-0.15, -0.1) is 0 Å². The van der Waals surface area contributed by atoms with Gasteiger partial charge in [-0.2, -0.15) is 8.42 Å². The molecule has 1 N–H and O–H groups in total. The molecule has 2 aromatic carbocycles. The highest BCUT2D eigenvalue weighted by Gasteiger charge is 2.18. The van der Waals surface area contributed by atoms with Gasteiger partial charge in [0.25, 0.3) is 10.1 Å². The highest BCUT2D eigenvalue weighted by Crippen LogP contribution is 2.20. The average Bonchev–Trinajstić information content (AvgIpc) is 2.52. The summed E-state index contributed by atoms with van der Waals surface area (Å²) in [6.07, 6.45) is 0. The van der Waals surface area contributed by atoms with Crippen LogP contribution < -0.4 is 4.74 Å². The van der Waals surface area contributed by atoms with Crippen LogP contribution in [0.5, 0.6) is 5.75 Å². The van der Waals surface area contributed by atoms with Crippen LogP contribution in [0.3, 0.4) is 0 Å². The van der Waals surface area contributed by atoms with Crippen LogP contribution in [0.15, 0.2) is 47.4 Å². The van der Waals surface area contributed by atoms with E-state index in [2.05, 4.69) is 0 Å². The highest BCUT2D eigenvalue weighted by atomic mass is 127. The first-order valence-electron chi connectivity index (χ1n) is 6.58. The van der Waals surface area contributed by atoms with Crippen LogP contribution in [0.2, 0.25) is 0 Å². The lowest BCUT2D eigenvalue weighted by Crippen LogP contribution is -2.19. The van der Waals surface area contributed by atoms with Gasteiger partial charge in [0.1, 0.15) is 16.5 Å².